The molecular formula is C16H19F3N6O. The Hall–Kier alpha value is -2.65. The van der Waals surface area contributed by atoms with Gasteiger partial charge in [0.25, 0.3) is 5.91 Å². The molecule has 0 bridgehead atoms. The van der Waals surface area contributed by atoms with Gasteiger partial charge in [-0.15, -0.1) is 0 Å². The largest absolute Gasteiger partial charge is 0.433 e. The lowest BCUT2D eigenvalue weighted by Crippen LogP contribution is -2.49. The Bertz CT molecular complexity index is 790. The third-order valence-electron chi connectivity index (χ3n) is 4.43. The van der Waals surface area contributed by atoms with Crippen molar-refractivity contribution in [1.29, 1.82) is 0 Å². The highest BCUT2D eigenvalue weighted by molar-refractivity contribution is 5.93. The van der Waals surface area contributed by atoms with Crippen LogP contribution in [0.5, 0.6) is 0 Å². The minimum atomic E-state index is -4.51. The van der Waals surface area contributed by atoms with E-state index in [0.29, 0.717) is 18.7 Å². The van der Waals surface area contributed by atoms with E-state index < -0.39 is 11.9 Å². The van der Waals surface area contributed by atoms with E-state index in [4.69, 9.17) is 0 Å². The van der Waals surface area contributed by atoms with Crippen LogP contribution in [0.15, 0.2) is 24.7 Å². The number of aryl methyl sites for hydroxylation is 1. The van der Waals surface area contributed by atoms with Crippen LogP contribution in [-0.2, 0) is 13.2 Å². The highest BCUT2D eigenvalue weighted by Gasteiger charge is 2.34. The van der Waals surface area contributed by atoms with Gasteiger partial charge in [0.1, 0.15) is 5.69 Å². The van der Waals surface area contributed by atoms with Crippen molar-refractivity contribution in [3.05, 3.63) is 35.9 Å². The first-order chi connectivity index (χ1) is 12.3. The first-order valence-electron chi connectivity index (χ1n) is 8.16. The van der Waals surface area contributed by atoms with Gasteiger partial charge in [-0.2, -0.15) is 18.3 Å². The average molecular weight is 368 g/mol. The SMILES string of the molecule is CN(C(=O)c1cnn(C)c1)C1CCCN(c2nccc(C(F)(F)F)n2)C1. The molecule has 1 aliphatic rings. The number of likely N-dealkylation sites (N-methyl/N-ethyl adjacent to an activating group) is 1. The molecule has 2 aromatic heterocycles. The van der Waals surface area contributed by atoms with E-state index in [1.165, 1.54) is 6.20 Å². The summed E-state index contributed by atoms with van der Waals surface area (Å²) in [6, 6.07) is 0.706. The van der Waals surface area contributed by atoms with Crippen molar-refractivity contribution in [2.75, 3.05) is 25.0 Å². The summed E-state index contributed by atoms with van der Waals surface area (Å²) < 4.78 is 40.1. The van der Waals surface area contributed by atoms with Crippen molar-refractivity contribution in [2.45, 2.75) is 25.1 Å². The van der Waals surface area contributed by atoms with Gasteiger partial charge in [-0.1, -0.05) is 0 Å². The molecule has 1 fully saturated rings. The Labute approximate surface area is 148 Å². The summed E-state index contributed by atoms with van der Waals surface area (Å²) in [5, 5.41) is 3.99. The van der Waals surface area contributed by atoms with Crippen molar-refractivity contribution in [3.63, 3.8) is 0 Å². The molecule has 0 aromatic carbocycles. The van der Waals surface area contributed by atoms with Crippen LogP contribution in [0, 0.1) is 0 Å². The number of rotatable bonds is 3. The van der Waals surface area contributed by atoms with E-state index in [2.05, 4.69) is 15.1 Å². The number of piperidine rings is 1. The highest BCUT2D eigenvalue weighted by atomic mass is 19.4. The first kappa shape index (κ1) is 18.2. The van der Waals surface area contributed by atoms with Crippen LogP contribution >= 0.6 is 0 Å². The topological polar surface area (TPSA) is 67.2 Å². The van der Waals surface area contributed by atoms with E-state index in [1.807, 2.05) is 0 Å². The van der Waals surface area contributed by atoms with Gasteiger partial charge >= 0.3 is 6.18 Å². The van der Waals surface area contributed by atoms with Gasteiger partial charge in [0.05, 0.1) is 11.8 Å². The summed E-state index contributed by atoms with van der Waals surface area (Å²) in [5.74, 6) is -0.137. The fourth-order valence-electron chi connectivity index (χ4n) is 3.01. The van der Waals surface area contributed by atoms with Gasteiger partial charge in [0.2, 0.25) is 5.95 Å². The minimum absolute atomic E-state index is 0.0340. The quantitative estimate of drug-likeness (QED) is 0.829. The van der Waals surface area contributed by atoms with Gasteiger partial charge in [-0.3, -0.25) is 9.48 Å². The molecule has 0 saturated carbocycles. The second kappa shape index (κ2) is 6.93. The molecular weight excluding hydrogens is 349 g/mol. The number of carbonyl (C=O) groups is 1. The lowest BCUT2D eigenvalue weighted by Gasteiger charge is -2.37. The first-order valence-corrected chi connectivity index (χ1v) is 8.16. The Morgan fingerprint density at radius 1 is 1.38 bits per heavy atom. The number of aromatic nitrogens is 4. The zero-order valence-electron chi connectivity index (χ0n) is 14.4. The van der Waals surface area contributed by atoms with Crippen LogP contribution in [0.1, 0.15) is 28.9 Å². The third-order valence-corrected chi connectivity index (χ3v) is 4.43. The van der Waals surface area contributed by atoms with Crippen molar-refractivity contribution < 1.29 is 18.0 Å². The van der Waals surface area contributed by atoms with E-state index in [1.54, 1.807) is 34.8 Å². The van der Waals surface area contributed by atoms with Gasteiger partial charge in [-0.25, -0.2) is 9.97 Å². The Morgan fingerprint density at radius 2 is 2.15 bits per heavy atom. The second-order valence-corrected chi connectivity index (χ2v) is 6.30. The number of amides is 1. The molecule has 0 radical (unpaired) electrons. The lowest BCUT2D eigenvalue weighted by atomic mass is 10.0. The van der Waals surface area contributed by atoms with Crippen molar-refractivity contribution in [3.8, 4) is 0 Å². The molecule has 3 rings (SSSR count). The molecule has 7 nitrogen and oxygen atoms in total. The normalized spacial score (nSPS) is 18.0. The molecule has 1 unspecified atom stereocenters. The summed E-state index contributed by atoms with van der Waals surface area (Å²) in [5.41, 5.74) is -0.494. The molecule has 3 heterocycles. The van der Waals surface area contributed by atoms with E-state index >= 15 is 0 Å². The molecule has 1 aliphatic heterocycles. The Kier molecular flexibility index (Phi) is 4.84. The predicted octanol–water partition coefficient (Wildman–Crippen LogP) is 1.97. The van der Waals surface area contributed by atoms with Crippen molar-refractivity contribution >= 4 is 11.9 Å². The number of halogens is 3. The third kappa shape index (κ3) is 3.78. The van der Waals surface area contributed by atoms with Gasteiger partial charge < -0.3 is 9.80 Å². The maximum absolute atomic E-state index is 12.9. The van der Waals surface area contributed by atoms with Crippen molar-refractivity contribution in [1.82, 2.24) is 24.6 Å². The Morgan fingerprint density at radius 3 is 2.81 bits per heavy atom. The molecule has 1 atom stereocenters. The van der Waals surface area contributed by atoms with Crippen molar-refractivity contribution in [2.24, 2.45) is 7.05 Å². The van der Waals surface area contributed by atoms with E-state index in [-0.39, 0.29) is 17.9 Å². The molecule has 140 valence electrons. The van der Waals surface area contributed by atoms with E-state index in [0.717, 1.165) is 25.1 Å². The van der Waals surface area contributed by atoms with Crippen LogP contribution < -0.4 is 4.90 Å². The zero-order chi connectivity index (χ0) is 18.9. The number of nitrogens with zero attached hydrogens (tertiary/aromatic N) is 6. The molecule has 0 N–H and O–H groups in total. The predicted molar refractivity (Wildman–Crippen MR) is 87.6 cm³/mol. The molecule has 0 spiro atoms. The zero-order valence-corrected chi connectivity index (χ0v) is 14.4. The summed E-state index contributed by atoms with van der Waals surface area (Å²) in [6.45, 7) is 0.927. The number of hydrogen-bond acceptors (Lipinski definition) is 5. The smallest absolute Gasteiger partial charge is 0.339 e. The standard InChI is InChI=1S/C16H19F3N6O/c1-23-9-11(8-21-23)14(26)24(2)12-4-3-7-25(10-12)15-20-6-5-13(22-15)16(17,18)19/h5-6,8-9,12H,3-4,7,10H2,1-2H3. The maximum Gasteiger partial charge on any atom is 0.433 e. The fourth-order valence-corrected chi connectivity index (χ4v) is 3.01. The van der Waals surface area contributed by atoms with E-state index in [9.17, 15) is 18.0 Å². The number of anilines is 1. The number of carbonyl (C=O) groups excluding carboxylic acids is 1. The number of hydrogen-bond donors (Lipinski definition) is 0. The van der Waals surface area contributed by atoms with Crippen LogP contribution in [0.3, 0.4) is 0 Å². The van der Waals surface area contributed by atoms with Crippen LogP contribution in [0.2, 0.25) is 0 Å². The summed E-state index contributed by atoms with van der Waals surface area (Å²) >= 11 is 0. The molecule has 0 aliphatic carbocycles. The summed E-state index contributed by atoms with van der Waals surface area (Å²) in [4.78, 5) is 23.5. The molecule has 1 amide bonds. The molecule has 2 aromatic rings. The molecule has 1 saturated heterocycles. The fraction of sp³-hybridized carbons (Fsp3) is 0.500. The van der Waals surface area contributed by atoms with Crippen LogP contribution in [-0.4, -0.2) is 56.7 Å². The molecule has 10 heteroatoms. The highest BCUT2D eigenvalue weighted by Crippen LogP contribution is 2.29. The maximum atomic E-state index is 12.9. The molecule has 26 heavy (non-hydrogen) atoms. The average Bonchev–Trinajstić information content (AvgIpc) is 3.06. The monoisotopic (exact) mass is 368 g/mol. The van der Waals surface area contributed by atoms with Crippen LogP contribution in [0.25, 0.3) is 0 Å². The Balaban J connectivity index is 1.74. The van der Waals surface area contributed by atoms with Crippen LogP contribution in [0.4, 0.5) is 19.1 Å². The van der Waals surface area contributed by atoms with Gasteiger partial charge in [0, 0.05) is 45.6 Å². The summed E-state index contributed by atoms with van der Waals surface area (Å²) in [6.07, 6.45) is 1.22. The van der Waals surface area contributed by atoms with Gasteiger partial charge in [0.15, 0.2) is 0 Å². The van der Waals surface area contributed by atoms with Gasteiger partial charge in [-0.05, 0) is 18.9 Å². The lowest BCUT2D eigenvalue weighted by molar-refractivity contribution is -0.141. The number of alkyl halides is 3. The summed E-state index contributed by atoms with van der Waals surface area (Å²) in [7, 11) is 3.42. The minimum Gasteiger partial charge on any atom is -0.339 e. The second-order valence-electron chi connectivity index (χ2n) is 6.30.